The lowest BCUT2D eigenvalue weighted by Crippen LogP contribution is -2.46. The number of anilines is 4. The van der Waals surface area contributed by atoms with Crippen LogP contribution >= 0.6 is 23.2 Å². The molecule has 0 radical (unpaired) electrons. The van der Waals surface area contributed by atoms with E-state index < -0.39 is 0 Å². The minimum absolute atomic E-state index is 0.203. The van der Waals surface area contributed by atoms with Crippen LogP contribution in [0.3, 0.4) is 0 Å². The highest BCUT2D eigenvalue weighted by Gasteiger charge is 2.19. The lowest BCUT2D eigenvalue weighted by molar-refractivity contribution is 0.254. The van der Waals surface area contributed by atoms with Crippen LogP contribution in [0.1, 0.15) is 18.4 Å². The van der Waals surface area contributed by atoms with Crippen molar-refractivity contribution < 1.29 is 0 Å². The number of aromatic amines is 1. The lowest BCUT2D eigenvalue weighted by atomic mass is 10.1. The molecule has 0 bridgehead atoms. The number of nitrogen functional groups attached to an aromatic ring is 1. The summed E-state index contributed by atoms with van der Waals surface area (Å²) in [6.45, 7) is 6.43. The molecule has 2 aromatic carbocycles. The number of nitrogens with zero attached hydrogens (tertiary/aromatic N) is 5. The van der Waals surface area contributed by atoms with Gasteiger partial charge in [0.25, 0.3) is 0 Å². The van der Waals surface area contributed by atoms with E-state index in [1.54, 1.807) is 0 Å². The Kier molecular flexibility index (Phi) is 8.68. The number of hydrogen-bond donors (Lipinski definition) is 4. The number of H-pyrrole nitrogens is 1. The van der Waals surface area contributed by atoms with Crippen molar-refractivity contribution in [2.45, 2.75) is 19.3 Å². The number of para-hydroxylation sites is 1. The molecule has 4 aromatic rings. The molecule has 5 rings (SSSR count). The Bertz CT molecular complexity index is 1350. The predicted molar refractivity (Wildman–Crippen MR) is 158 cm³/mol. The molecule has 0 aliphatic carbocycles. The van der Waals surface area contributed by atoms with Gasteiger partial charge < -0.3 is 26.3 Å². The van der Waals surface area contributed by atoms with E-state index in [0.29, 0.717) is 28.5 Å². The highest BCUT2D eigenvalue weighted by atomic mass is 35.5. The van der Waals surface area contributed by atoms with Crippen molar-refractivity contribution in [1.29, 1.82) is 0 Å². The van der Waals surface area contributed by atoms with E-state index in [1.165, 1.54) is 10.9 Å². The molecule has 0 amide bonds. The normalized spacial score (nSPS) is 14.2. The molecule has 2 aromatic heterocycles. The molecule has 1 aliphatic heterocycles. The minimum Gasteiger partial charge on any atom is -0.368 e. The Morgan fingerprint density at radius 1 is 0.868 bits per heavy atom. The Morgan fingerprint density at radius 3 is 2.45 bits per heavy atom. The highest BCUT2D eigenvalue weighted by Crippen LogP contribution is 2.32. The SMILES string of the molecule is Nc1nc(NCCCCN2CCN(c3cccc(Cl)c3Cl)CC2)nc(NCCc2c[nH]c3ccccc23)n1. The molecular formula is C27H33Cl2N9. The lowest BCUT2D eigenvalue weighted by Gasteiger charge is -2.36. The number of hydrogen-bond acceptors (Lipinski definition) is 8. The number of unbranched alkanes of at least 4 members (excludes halogenated alkanes) is 1. The molecule has 0 spiro atoms. The average molecular weight is 555 g/mol. The van der Waals surface area contributed by atoms with Gasteiger partial charge >= 0.3 is 0 Å². The smallest absolute Gasteiger partial charge is 0.229 e. The van der Waals surface area contributed by atoms with Crippen LogP contribution in [0.4, 0.5) is 23.5 Å². The van der Waals surface area contributed by atoms with Crippen molar-refractivity contribution in [2.24, 2.45) is 0 Å². The fraction of sp³-hybridized carbons (Fsp3) is 0.370. The van der Waals surface area contributed by atoms with Gasteiger partial charge in [-0.1, -0.05) is 47.5 Å². The van der Waals surface area contributed by atoms with E-state index >= 15 is 0 Å². The largest absolute Gasteiger partial charge is 0.368 e. The number of halogens is 2. The van der Waals surface area contributed by atoms with Crippen LogP contribution in [0.2, 0.25) is 10.0 Å². The summed E-state index contributed by atoms with van der Waals surface area (Å²) in [6, 6.07) is 14.1. The molecule has 1 saturated heterocycles. The van der Waals surface area contributed by atoms with Gasteiger partial charge in [0.1, 0.15) is 0 Å². The van der Waals surface area contributed by atoms with Gasteiger partial charge in [-0.15, -0.1) is 0 Å². The van der Waals surface area contributed by atoms with Gasteiger partial charge in [-0.3, -0.25) is 4.90 Å². The van der Waals surface area contributed by atoms with Crippen molar-refractivity contribution in [1.82, 2.24) is 24.8 Å². The van der Waals surface area contributed by atoms with E-state index in [-0.39, 0.29) is 5.95 Å². The summed E-state index contributed by atoms with van der Waals surface area (Å²) in [5, 5.41) is 9.04. The van der Waals surface area contributed by atoms with Crippen LogP contribution in [0.25, 0.3) is 10.9 Å². The number of fused-ring (bicyclic) bond motifs is 1. The first-order valence-electron chi connectivity index (χ1n) is 13.0. The van der Waals surface area contributed by atoms with Crippen LogP contribution in [-0.2, 0) is 6.42 Å². The molecule has 3 heterocycles. The van der Waals surface area contributed by atoms with Crippen LogP contribution in [0.15, 0.2) is 48.7 Å². The number of rotatable bonds is 11. The second-order valence-electron chi connectivity index (χ2n) is 9.41. The standard InChI is InChI=1S/C27H33Cl2N9/c28-21-7-5-9-23(24(21)29)38-16-14-37(15-17-38)13-4-3-11-31-26-34-25(30)35-27(36-26)32-12-10-19-18-33-22-8-2-1-6-20(19)22/h1-2,5-9,18,33H,3-4,10-17H2,(H4,30,31,32,34,35,36). The summed E-state index contributed by atoms with van der Waals surface area (Å²) in [6.07, 6.45) is 4.99. The third-order valence-electron chi connectivity index (χ3n) is 6.83. The topological polar surface area (TPSA) is 111 Å². The minimum atomic E-state index is 0.203. The monoisotopic (exact) mass is 553 g/mol. The second kappa shape index (κ2) is 12.5. The van der Waals surface area contributed by atoms with Crippen molar-refractivity contribution in [3.8, 4) is 0 Å². The predicted octanol–water partition coefficient (Wildman–Crippen LogP) is 4.91. The highest BCUT2D eigenvalue weighted by molar-refractivity contribution is 6.43. The number of aromatic nitrogens is 4. The van der Waals surface area contributed by atoms with Gasteiger partial charge in [-0.05, 0) is 49.6 Å². The summed E-state index contributed by atoms with van der Waals surface area (Å²) in [5.74, 6) is 1.19. The molecule has 1 aliphatic rings. The van der Waals surface area contributed by atoms with Crippen molar-refractivity contribution >= 4 is 57.6 Å². The van der Waals surface area contributed by atoms with Gasteiger partial charge in [-0.2, -0.15) is 15.0 Å². The number of benzene rings is 2. The average Bonchev–Trinajstić information content (AvgIpc) is 3.33. The first-order chi connectivity index (χ1) is 18.6. The molecule has 0 unspecified atom stereocenters. The van der Waals surface area contributed by atoms with Crippen LogP contribution in [-0.4, -0.2) is 70.6 Å². The molecule has 38 heavy (non-hydrogen) atoms. The summed E-state index contributed by atoms with van der Waals surface area (Å²) >= 11 is 12.6. The Hall–Kier alpha value is -3.27. The van der Waals surface area contributed by atoms with Crippen molar-refractivity contribution in [2.75, 3.05) is 67.1 Å². The Balaban J connectivity index is 1.01. The number of piperazine rings is 1. The number of nitrogens with two attached hydrogens (primary N) is 1. The van der Waals surface area contributed by atoms with Gasteiger partial charge in [-0.25, -0.2) is 0 Å². The third-order valence-corrected chi connectivity index (χ3v) is 7.64. The maximum absolute atomic E-state index is 6.40. The van der Waals surface area contributed by atoms with Crippen molar-refractivity contribution in [3.63, 3.8) is 0 Å². The zero-order valence-electron chi connectivity index (χ0n) is 21.3. The fourth-order valence-corrected chi connectivity index (χ4v) is 5.22. The second-order valence-corrected chi connectivity index (χ2v) is 10.2. The molecule has 200 valence electrons. The zero-order valence-corrected chi connectivity index (χ0v) is 22.8. The first kappa shape index (κ1) is 26.3. The Labute approximate surface area is 232 Å². The molecule has 5 N–H and O–H groups in total. The van der Waals surface area contributed by atoms with Gasteiger partial charge in [0.05, 0.1) is 15.7 Å². The van der Waals surface area contributed by atoms with Gasteiger partial charge in [0.15, 0.2) is 0 Å². The molecule has 0 saturated carbocycles. The van der Waals surface area contributed by atoms with E-state index in [9.17, 15) is 0 Å². The number of nitrogens with one attached hydrogen (secondary N) is 3. The first-order valence-corrected chi connectivity index (χ1v) is 13.8. The van der Waals surface area contributed by atoms with E-state index in [2.05, 4.69) is 64.8 Å². The summed E-state index contributed by atoms with van der Waals surface area (Å²) in [5.41, 5.74) is 9.34. The van der Waals surface area contributed by atoms with Gasteiger partial charge in [0.2, 0.25) is 17.8 Å². The van der Waals surface area contributed by atoms with Gasteiger partial charge in [0, 0.05) is 56.4 Å². The van der Waals surface area contributed by atoms with Crippen LogP contribution in [0.5, 0.6) is 0 Å². The quantitative estimate of drug-likeness (QED) is 0.194. The fourth-order valence-electron chi connectivity index (χ4n) is 4.81. The molecular weight excluding hydrogens is 521 g/mol. The summed E-state index contributed by atoms with van der Waals surface area (Å²) in [7, 11) is 0. The summed E-state index contributed by atoms with van der Waals surface area (Å²) < 4.78 is 0. The maximum Gasteiger partial charge on any atom is 0.229 e. The van der Waals surface area contributed by atoms with E-state index in [1.807, 2.05) is 24.3 Å². The molecule has 0 atom stereocenters. The summed E-state index contributed by atoms with van der Waals surface area (Å²) in [4.78, 5) is 21.1. The van der Waals surface area contributed by atoms with Crippen molar-refractivity contribution in [3.05, 3.63) is 64.3 Å². The maximum atomic E-state index is 6.40. The van der Waals surface area contributed by atoms with E-state index in [0.717, 1.165) is 69.7 Å². The molecule has 11 heteroatoms. The van der Waals surface area contributed by atoms with E-state index in [4.69, 9.17) is 28.9 Å². The third kappa shape index (κ3) is 6.59. The van der Waals surface area contributed by atoms with Crippen LogP contribution < -0.4 is 21.3 Å². The molecule has 9 nitrogen and oxygen atoms in total. The van der Waals surface area contributed by atoms with Crippen LogP contribution in [0, 0.1) is 0 Å². The molecule has 1 fully saturated rings. The zero-order chi connectivity index (χ0) is 26.3. The Morgan fingerprint density at radius 2 is 1.63 bits per heavy atom.